The molecule has 5 heteroatoms. The van der Waals surface area contributed by atoms with Gasteiger partial charge in [-0.1, -0.05) is 18.5 Å². The highest BCUT2D eigenvalue weighted by molar-refractivity contribution is 14.1. The topological polar surface area (TPSA) is 24.8 Å². The molecule has 0 amide bonds. The minimum absolute atomic E-state index is 0.673. The Kier molecular flexibility index (Phi) is 6.92. The van der Waals surface area contributed by atoms with Crippen LogP contribution >= 0.6 is 34.2 Å². The van der Waals surface area contributed by atoms with Crippen LogP contribution in [0.15, 0.2) is 35.3 Å². The molecule has 0 radical (unpaired) electrons. The predicted molar refractivity (Wildman–Crippen MR) is 111 cm³/mol. The number of nitrogens with zero attached hydrogens (tertiary/aromatic N) is 2. The lowest BCUT2D eigenvalue weighted by Gasteiger charge is -2.13. The third-order valence-electron chi connectivity index (χ3n) is 3.53. The van der Waals surface area contributed by atoms with Crippen molar-refractivity contribution in [2.75, 3.05) is 13.6 Å². The van der Waals surface area contributed by atoms with Crippen molar-refractivity contribution < 1.29 is 4.74 Å². The number of aryl methyl sites for hydroxylation is 2. The van der Waals surface area contributed by atoms with E-state index in [0.29, 0.717) is 5.02 Å². The van der Waals surface area contributed by atoms with Crippen molar-refractivity contribution in [3.8, 4) is 11.5 Å². The van der Waals surface area contributed by atoms with E-state index in [0.717, 1.165) is 44.8 Å². The molecule has 0 bridgehead atoms. The van der Waals surface area contributed by atoms with Crippen molar-refractivity contribution in [3.63, 3.8) is 0 Å². The summed E-state index contributed by atoms with van der Waals surface area (Å²) in [5.41, 5.74) is 3.08. The first-order valence-corrected chi connectivity index (χ1v) is 9.34. The maximum absolute atomic E-state index is 6.10. The molecule has 0 aliphatic carbocycles. The van der Waals surface area contributed by atoms with E-state index in [1.807, 2.05) is 51.5 Å². The maximum Gasteiger partial charge on any atom is 0.130 e. The van der Waals surface area contributed by atoms with Gasteiger partial charge >= 0.3 is 0 Å². The third kappa shape index (κ3) is 5.38. The summed E-state index contributed by atoms with van der Waals surface area (Å²) in [5.74, 6) is 1.57. The molecule has 0 atom stereocenters. The first-order valence-electron chi connectivity index (χ1n) is 7.88. The van der Waals surface area contributed by atoms with Crippen LogP contribution in [0.2, 0.25) is 5.02 Å². The Bertz CT molecular complexity index is 726. The van der Waals surface area contributed by atoms with Crippen molar-refractivity contribution in [2.45, 2.75) is 27.2 Å². The number of hydrogen-bond donors (Lipinski definition) is 0. The molecule has 0 fully saturated rings. The minimum Gasteiger partial charge on any atom is -0.457 e. The zero-order chi connectivity index (χ0) is 17.7. The van der Waals surface area contributed by atoms with Gasteiger partial charge in [0, 0.05) is 22.2 Å². The molecule has 2 aromatic rings. The highest BCUT2D eigenvalue weighted by Gasteiger charge is 2.07. The fourth-order valence-electron chi connectivity index (χ4n) is 2.31. The Morgan fingerprint density at radius 3 is 2.58 bits per heavy atom. The van der Waals surface area contributed by atoms with Gasteiger partial charge in [0.1, 0.15) is 11.5 Å². The molecule has 0 aliphatic rings. The van der Waals surface area contributed by atoms with Gasteiger partial charge < -0.3 is 9.64 Å². The van der Waals surface area contributed by atoms with Gasteiger partial charge in [0.2, 0.25) is 0 Å². The maximum atomic E-state index is 6.10. The minimum atomic E-state index is 0.673. The Hall–Kier alpha value is -1.27. The summed E-state index contributed by atoms with van der Waals surface area (Å²) in [7, 11) is 2.04. The Morgan fingerprint density at radius 2 is 1.92 bits per heavy atom. The van der Waals surface area contributed by atoms with Gasteiger partial charge in [-0.05, 0) is 84.3 Å². The van der Waals surface area contributed by atoms with Gasteiger partial charge in [-0.25, -0.2) is 4.99 Å². The molecule has 0 aromatic heterocycles. The van der Waals surface area contributed by atoms with Crippen molar-refractivity contribution >= 4 is 46.2 Å². The van der Waals surface area contributed by atoms with Crippen LogP contribution < -0.4 is 4.74 Å². The van der Waals surface area contributed by atoms with Gasteiger partial charge in [0.15, 0.2) is 0 Å². The molecular weight excluding hydrogens is 435 g/mol. The molecule has 24 heavy (non-hydrogen) atoms. The van der Waals surface area contributed by atoms with E-state index in [-0.39, 0.29) is 0 Å². The van der Waals surface area contributed by atoms with Gasteiger partial charge in [-0.2, -0.15) is 0 Å². The summed E-state index contributed by atoms with van der Waals surface area (Å²) in [6, 6.07) is 9.76. The smallest absolute Gasteiger partial charge is 0.130 e. The van der Waals surface area contributed by atoms with Gasteiger partial charge in [-0.3, -0.25) is 0 Å². The number of ether oxygens (including phenoxy) is 1. The fraction of sp³-hybridized carbons (Fsp3) is 0.316. The summed E-state index contributed by atoms with van der Waals surface area (Å²) < 4.78 is 7.07. The van der Waals surface area contributed by atoms with Crippen molar-refractivity contribution in [1.82, 2.24) is 4.90 Å². The number of hydrogen-bond acceptors (Lipinski definition) is 2. The lowest BCUT2D eigenvalue weighted by Crippen LogP contribution is -2.16. The number of benzene rings is 2. The molecule has 3 nitrogen and oxygen atoms in total. The van der Waals surface area contributed by atoms with Gasteiger partial charge in [0.05, 0.1) is 12.0 Å². The van der Waals surface area contributed by atoms with Crippen LogP contribution in [0.25, 0.3) is 0 Å². The van der Waals surface area contributed by atoms with Crippen LogP contribution in [0, 0.1) is 17.4 Å². The van der Waals surface area contributed by atoms with Crippen LogP contribution in [-0.2, 0) is 0 Å². The average Bonchev–Trinajstić information content (AvgIpc) is 2.48. The first-order chi connectivity index (χ1) is 11.4. The van der Waals surface area contributed by atoms with E-state index >= 15 is 0 Å². The molecule has 2 rings (SSSR count). The van der Waals surface area contributed by atoms with Crippen LogP contribution in [-0.4, -0.2) is 24.8 Å². The number of rotatable bonds is 6. The summed E-state index contributed by atoms with van der Waals surface area (Å²) in [6.07, 6.45) is 2.98. The van der Waals surface area contributed by atoms with Crippen LogP contribution in [0.1, 0.15) is 24.5 Å². The highest BCUT2D eigenvalue weighted by atomic mass is 127. The first kappa shape index (κ1) is 19.1. The quantitative estimate of drug-likeness (QED) is 0.287. The standard InChI is InChI=1S/C19H22ClIN2O/c1-5-6-23(4)12-22-18-7-14(3)19(8-13(18)2)24-17-10-15(20)9-16(21)11-17/h7-12H,5-6H2,1-4H3. The fourth-order valence-corrected chi connectivity index (χ4v) is 3.36. The van der Waals surface area contributed by atoms with E-state index in [2.05, 4.69) is 45.5 Å². The van der Waals surface area contributed by atoms with Crippen LogP contribution in [0.4, 0.5) is 5.69 Å². The number of halogens is 2. The molecule has 0 saturated heterocycles. The van der Waals surface area contributed by atoms with Gasteiger partial charge in [-0.15, -0.1) is 0 Å². The van der Waals surface area contributed by atoms with E-state index in [9.17, 15) is 0 Å². The molecule has 0 spiro atoms. The lowest BCUT2D eigenvalue weighted by molar-refractivity contribution is 0.478. The second kappa shape index (κ2) is 8.72. The van der Waals surface area contributed by atoms with E-state index < -0.39 is 0 Å². The molecule has 2 aromatic carbocycles. The van der Waals surface area contributed by atoms with Gasteiger partial charge in [0.25, 0.3) is 0 Å². The molecule has 0 heterocycles. The third-order valence-corrected chi connectivity index (χ3v) is 4.37. The monoisotopic (exact) mass is 456 g/mol. The van der Waals surface area contributed by atoms with Crippen LogP contribution in [0.3, 0.4) is 0 Å². The summed E-state index contributed by atoms with van der Waals surface area (Å²) in [4.78, 5) is 6.67. The van der Waals surface area contributed by atoms with Crippen molar-refractivity contribution in [1.29, 1.82) is 0 Å². The highest BCUT2D eigenvalue weighted by Crippen LogP contribution is 2.33. The summed E-state index contributed by atoms with van der Waals surface area (Å²) >= 11 is 8.33. The summed E-state index contributed by atoms with van der Waals surface area (Å²) in [6.45, 7) is 7.22. The normalized spacial score (nSPS) is 11.1. The zero-order valence-electron chi connectivity index (χ0n) is 14.4. The average molecular weight is 457 g/mol. The second-order valence-corrected chi connectivity index (χ2v) is 7.52. The van der Waals surface area contributed by atoms with Crippen molar-refractivity contribution in [2.24, 2.45) is 4.99 Å². The Labute approximate surface area is 162 Å². The summed E-state index contributed by atoms with van der Waals surface area (Å²) in [5, 5.41) is 0.673. The number of aliphatic imine (C=N–C) groups is 1. The molecule has 0 N–H and O–H groups in total. The molecule has 128 valence electrons. The van der Waals surface area contributed by atoms with Crippen LogP contribution in [0.5, 0.6) is 11.5 Å². The van der Waals surface area contributed by atoms with Crippen molar-refractivity contribution in [3.05, 3.63) is 50.1 Å². The zero-order valence-corrected chi connectivity index (χ0v) is 17.4. The van der Waals surface area contributed by atoms with E-state index in [1.165, 1.54) is 0 Å². The Balaban J connectivity index is 2.23. The lowest BCUT2D eigenvalue weighted by atomic mass is 10.1. The molecular formula is C19H22ClIN2O. The van der Waals surface area contributed by atoms with E-state index in [4.69, 9.17) is 16.3 Å². The van der Waals surface area contributed by atoms with E-state index in [1.54, 1.807) is 0 Å². The predicted octanol–water partition coefficient (Wildman–Crippen LogP) is 6.36. The molecule has 0 unspecified atom stereocenters. The largest absolute Gasteiger partial charge is 0.457 e. The SMILES string of the molecule is CCCN(C)C=Nc1cc(C)c(Oc2cc(Cl)cc(I)c2)cc1C. The Morgan fingerprint density at radius 1 is 1.17 bits per heavy atom. The molecule has 0 saturated carbocycles. The second-order valence-electron chi connectivity index (χ2n) is 5.84. The molecule has 0 aliphatic heterocycles.